The molecule has 2 saturated heterocycles. The summed E-state index contributed by atoms with van der Waals surface area (Å²) in [7, 11) is 0. The molecule has 0 aromatic rings. The van der Waals surface area contributed by atoms with Crippen molar-refractivity contribution in [1.82, 2.24) is 5.32 Å². The Balaban J connectivity index is 1.79. The van der Waals surface area contributed by atoms with E-state index in [2.05, 4.69) is 26.1 Å². The first-order valence-electron chi connectivity index (χ1n) is 6.50. The van der Waals surface area contributed by atoms with Crippen LogP contribution >= 0.6 is 0 Å². The molecule has 0 aliphatic carbocycles. The van der Waals surface area contributed by atoms with Crippen molar-refractivity contribution >= 4 is 0 Å². The summed E-state index contributed by atoms with van der Waals surface area (Å²) in [6.45, 7) is 10.6. The minimum Gasteiger partial charge on any atom is -0.380 e. The molecule has 0 spiro atoms. The Morgan fingerprint density at radius 2 is 2.00 bits per heavy atom. The molecule has 94 valence electrons. The van der Waals surface area contributed by atoms with Crippen molar-refractivity contribution in [1.29, 1.82) is 0 Å². The highest BCUT2D eigenvalue weighted by atomic mass is 16.5. The molecule has 2 fully saturated rings. The van der Waals surface area contributed by atoms with Gasteiger partial charge in [-0.05, 0) is 18.3 Å². The molecule has 0 bridgehead atoms. The zero-order chi connectivity index (χ0) is 11.6. The van der Waals surface area contributed by atoms with Crippen LogP contribution in [0.5, 0.6) is 0 Å². The van der Waals surface area contributed by atoms with Gasteiger partial charge in [-0.25, -0.2) is 0 Å². The highest BCUT2D eigenvalue weighted by Crippen LogP contribution is 2.34. The topological polar surface area (TPSA) is 30.5 Å². The number of hydrogen-bond donors (Lipinski definition) is 1. The van der Waals surface area contributed by atoms with Crippen LogP contribution < -0.4 is 5.32 Å². The summed E-state index contributed by atoms with van der Waals surface area (Å²) in [6, 6.07) is 0.571. The Morgan fingerprint density at radius 3 is 2.62 bits per heavy atom. The Bertz CT molecular complexity index is 218. The van der Waals surface area contributed by atoms with Gasteiger partial charge in [-0.3, -0.25) is 0 Å². The van der Waals surface area contributed by atoms with Crippen LogP contribution in [-0.4, -0.2) is 38.5 Å². The van der Waals surface area contributed by atoms with Crippen LogP contribution in [0.1, 0.15) is 33.6 Å². The first kappa shape index (κ1) is 12.3. The summed E-state index contributed by atoms with van der Waals surface area (Å²) in [5.41, 5.74) is 0.259. The van der Waals surface area contributed by atoms with Crippen molar-refractivity contribution in [3.8, 4) is 0 Å². The molecule has 3 unspecified atom stereocenters. The summed E-state index contributed by atoms with van der Waals surface area (Å²) in [5, 5.41) is 3.62. The lowest BCUT2D eigenvalue weighted by Gasteiger charge is -2.31. The predicted octanol–water partition coefficient (Wildman–Crippen LogP) is 1.82. The average molecular weight is 227 g/mol. The molecule has 3 atom stereocenters. The second kappa shape index (κ2) is 5.03. The Hall–Kier alpha value is -0.120. The van der Waals surface area contributed by atoms with Crippen LogP contribution in [0.2, 0.25) is 0 Å². The molecule has 0 aromatic carbocycles. The molecule has 2 aliphatic heterocycles. The normalized spacial score (nSPS) is 35.8. The minimum absolute atomic E-state index is 0.259. The number of nitrogens with one attached hydrogen (secondary N) is 1. The van der Waals surface area contributed by atoms with Crippen molar-refractivity contribution in [2.45, 2.75) is 45.8 Å². The lowest BCUT2D eigenvalue weighted by Crippen LogP contribution is -2.40. The summed E-state index contributed by atoms with van der Waals surface area (Å²) < 4.78 is 11.2. The van der Waals surface area contributed by atoms with Crippen LogP contribution in [0.4, 0.5) is 0 Å². The molecule has 0 aromatic heterocycles. The maximum Gasteiger partial charge on any atom is 0.0664 e. The smallest absolute Gasteiger partial charge is 0.0664 e. The third kappa shape index (κ3) is 2.96. The predicted molar refractivity (Wildman–Crippen MR) is 64.5 cm³/mol. The first-order valence-corrected chi connectivity index (χ1v) is 6.50. The lowest BCUT2D eigenvalue weighted by atomic mass is 9.81. The molecule has 2 aliphatic rings. The van der Waals surface area contributed by atoms with E-state index < -0.39 is 0 Å². The van der Waals surface area contributed by atoms with Crippen molar-refractivity contribution in [2.75, 3.05) is 26.4 Å². The Kier molecular flexibility index (Phi) is 3.88. The lowest BCUT2D eigenvalue weighted by molar-refractivity contribution is 0.00673. The largest absolute Gasteiger partial charge is 0.380 e. The van der Waals surface area contributed by atoms with Gasteiger partial charge in [-0.2, -0.15) is 0 Å². The summed E-state index contributed by atoms with van der Waals surface area (Å²) in [6.07, 6.45) is 2.76. The zero-order valence-corrected chi connectivity index (χ0v) is 10.8. The quantitative estimate of drug-likeness (QED) is 0.797. The average Bonchev–Trinajstić information content (AvgIpc) is 2.85. The van der Waals surface area contributed by atoms with Crippen molar-refractivity contribution < 1.29 is 9.47 Å². The highest BCUT2D eigenvalue weighted by molar-refractivity contribution is 4.87. The minimum atomic E-state index is 0.259. The van der Waals surface area contributed by atoms with Crippen molar-refractivity contribution in [3.05, 3.63) is 0 Å². The molecule has 1 N–H and O–H groups in total. The molecule has 0 amide bonds. The molecule has 0 radical (unpaired) electrons. The highest BCUT2D eigenvalue weighted by Gasteiger charge is 2.37. The number of rotatable bonds is 3. The second-order valence-corrected chi connectivity index (χ2v) is 6.17. The van der Waals surface area contributed by atoms with Crippen LogP contribution in [0.3, 0.4) is 0 Å². The van der Waals surface area contributed by atoms with E-state index in [1.165, 1.54) is 6.42 Å². The fraction of sp³-hybridized carbons (Fsp3) is 1.00. The van der Waals surface area contributed by atoms with E-state index in [1.807, 2.05) is 0 Å². The van der Waals surface area contributed by atoms with Gasteiger partial charge in [0, 0.05) is 31.7 Å². The second-order valence-electron chi connectivity index (χ2n) is 6.17. The van der Waals surface area contributed by atoms with Gasteiger partial charge in [0.05, 0.1) is 12.7 Å². The van der Waals surface area contributed by atoms with Gasteiger partial charge in [0.1, 0.15) is 0 Å². The number of ether oxygens (including phenoxy) is 2. The fourth-order valence-electron chi connectivity index (χ4n) is 2.81. The van der Waals surface area contributed by atoms with E-state index in [0.29, 0.717) is 18.1 Å². The maximum atomic E-state index is 5.87. The van der Waals surface area contributed by atoms with Gasteiger partial charge in [0.15, 0.2) is 0 Å². The first-order chi connectivity index (χ1) is 7.57. The van der Waals surface area contributed by atoms with Crippen LogP contribution in [0.15, 0.2) is 0 Å². The van der Waals surface area contributed by atoms with Gasteiger partial charge in [-0.1, -0.05) is 20.8 Å². The summed E-state index contributed by atoms with van der Waals surface area (Å²) in [5.74, 6) is 0.667. The van der Waals surface area contributed by atoms with E-state index in [9.17, 15) is 0 Å². The standard InChI is InChI=1S/C13H25NO2/c1-13(2,3)12-10(4-7-16-12)8-14-11-5-6-15-9-11/h10-12,14H,4-9H2,1-3H3. The molecule has 16 heavy (non-hydrogen) atoms. The molecule has 3 nitrogen and oxygen atoms in total. The van der Waals surface area contributed by atoms with Crippen LogP contribution in [0, 0.1) is 11.3 Å². The fourth-order valence-corrected chi connectivity index (χ4v) is 2.81. The third-order valence-electron chi connectivity index (χ3n) is 3.67. The summed E-state index contributed by atoms with van der Waals surface area (Å²) >= 11 is 0. The van der Waals surface area contributed by atoms with Crippen molar-refractivity contribution in [3.63, 3.8) is 0 Å². The van der Waals surface area contributed by atoms with Gasteiger partial charge in [0.2, 0.25) is 0 Å². The van der Waals surface area contributed by atoms with Crippen LogP contribution in [0.25, 0.3) is 0 Å². The maximum absolute atomic E-state index is 5.87. The number of hydrogen-bond acceptors (Lipinski definition) is 3. The Labute approximate surface area is 98.9 Å². The SMILES string of the molecule is CC(C)(C)C1OCCC1CNC1CCOC1. The Morgan fingerprint density at radius 1 is 1.19 bits per heavy atom. The van der Waals surface area contributed by atoms with Gasteiger partial charge < -0.3 is 14.8 Å². The molecular weight excluding hydrogens is 202 g/mol. The van der Waals surface area contributed by atoms with E-state index in [4.69, 9.17) is 9.47 Å². The summed E-state index contributed by atoms with van der Waals surface area (Å²) in [4.78, 5) is 0. The zero-order valence-electron chi connectivity index (χ0n) is 10.8. The molecule has 0 saturated carbocycles. The van der Waals surface area contributed by atoms with E-state index in [0.717, 1.165) is 32.8 Å². The van der Waals surface area contributed by atoms with Gasteiger partial charge in [0.25, 0.3) is 0 Å². The van der Waals surface area contributed by atoms with Crippen LogP contribution in [-0.2, 0) is 9.47 Å². The van der Waals surface area contributed by atoms with E-state index in [-0.39, 0.29) is 5.41 Å². The van der Waals surface area contributed by atoms with E-state index >= 15 is 0 Å². The van der Waals surface area contributed by atoms with Gasteiger partial charge in [-0.15, -0.1) is 0 Å². The van der Waals surface area contributed by atoms with E-state index in [1.54, 1.807) is 0 Å². The van der Waals surface area contributed by atoms with Crippen molar-refractivity contribution in [2.24, 2.45) is 11.3 Å². The monoisotopic (exact) mass is 227 g/mol. The molecule has 3 heteroatoms. The molecular formula is C13H25NO2. The third-order valence-corrected chi connectivity index (χ3v) is 3.67. The van der Waals surface area contributed by atoms with Gasteiger partial charge >= 0.3 is 0 Å². The molecule has 2 rings (SSSR count). The molecule has 2 heterocycles.